The highest BCUT2D eigenvalue weighted by Crippen LogP contribution is 2.54. The van der Waals surface area contributed by atoms with E-state index in [0.29, 0.717) is 12.8 Å². The minimum absolute atomic E-state index is 0.194. The van der Waals surface area contributed by atoms with Gasteiger partial charge in [0.2, 0.25) is 0 Å². The van der Waals surface area contributed by atoms with Crippen molar-refractivity contribution in [1.29, 1.82) is 0 Å². The summed E-state index contributed by atoms with van der Waals surface area (Å²) in [7, 11) is -5.49. The van der Waals surface area contributed by atoms with Gasteiger partial charge in [-0.2, -0.15) is 8.78 Å². The van der Waals surface area contributed by atoms with Crippen LogP contribution in [-0.4, -0.2) is 18.2 Å². The first kappa shape index (κ1) is 10.3. The lowest BCUT2D eigenvalue weighted by Gasteiger charge is -2.31. The molecule has 82 valence electrons. The predicted molar refractivity (Wildman–Crippen MR) is 43.6 cm³/mol. The first-order valence-corrected chi connectivity index (χ1v) is 6.06. The molecule has 0 amide bonds. The molecule has 0 aromatic rings. The van der Waals surface area contributed by atoms with Gasteiger partial charge >= 0.3 is 5.25 Å². The maximum atomic E-state index is 13.2. The van der Waals surface area contributed by atoms with Crippen LogP contribution in [0.15, 0.2) is 0 Å². The van der Waals surface area contributed by atoms with Crippen molar-refractivity contribution < 1.29 is 21.8 Å². The molecule has 6 heteroatoms. The van der Waals surface area contributed by atoms with Crippen molar-refractivity contribution in [2.75, 3.05) is 0 Å². The Balaban J connectivity index is 2.24. The molecular weight excluding hydrogens is 214 g/mol. The zero-order valence-corrected chi connectivity index (χ0v) is 8.27. The zero-order chi connectivity index (χ0) is 10.6. The van der Waals surface area contributed by atoms with Crippen LogP contribution in [0.3, 0.4) is 0 Å². The monoisotopic (exact) mass is 225 g/mol. The summed E-state index contributed by atoms with van der Waals surface area (Å²) in [6.45, 7) is 0. The summed E-state index contributed by atoms with van der Waals surface area (Å²) in [5.41, 5.74) is 0. The minimum Gasteiger partial charge on any atom is -0.743 e. The van der Waals surface area contributed by atoms with Crippen molar-refractivity contribution in [2.24, 2.45) is 17.8 Å². The van der Waals surface area contributed by atoms with Gasteiger partial charge in [0, 0.05) is 5.92 Å². The number of hydrogen-bond donors (Lipinski definition) is 0. The van der Waals surface area contributed by atoms with Crippen molar-refractivity contribution in [3.05, 3.63) is 0 Å². The van der Waals surface area contributed by atoms with E-state index in [1.165, 1.54) is 0 Å². The van der Waals surface area contributed by atoms with Gasteiger partial charge in [-0.15, -0.1) is 0 Å². The summed E-state index contributed by atoms with van der Waals surface area (Å²) in [6.07, 6.45) is 2.39. The topological polar surface area (TPSA) is 57.2 Å². The van der Waals surface area contributed by atoms with Crippen LogP contribution in [0.25, 0.3) is 0 Å². The van der Waals surface area contributed by atoms with Gasteiger partial charge < -0.3 is 4.55 Å². The summed E-state index contributed by atoms with van der Waals surface area (Å²) in [4.78, 5) is 0. The Morgan fingerprint density at radius 1 is 1.21 bits per heavy atom. The highest BCUT2D eigenvalue weighted by atomic mass is 32.2. The van der Waals surface area contributed by atoms with E-state index in [9.17, 15) is 21.8 Å². The first-order valence-electron chi connectivity index (χ1n) is 4.65. The highest BCUT2D eigenvalue weighted by molar-refractivity contribution is 7.86. The molecule has 2 aliphatic rings. The van der Waals surface area contributed by atoms with Gasteiger partial charge in [0.05, 0.1) is 0 Å². The van der Waals surface area contributed by atoms with Gasteiger partial charge in [-0.1, -0.05) is 6.42 Å². The Labute approximate surface area is 81.2 Å². The van der Waals surface area contributed by atoms with Crippen LogP contribution in [0.4, 0.5) is 8.78 Å². The summed E-state index contributed by atoms with van der Waals surface area (Å²) in [5.74, 6) is -1.29. The lowest BCUT2D eigenvalue weighted by molar-refractivity contribution is -0.00801. The fourth-order valence-corrected chi connectivity index (χ4v) is 3.50. The molecule has 2 saturated carbocycles. The number of fused-ring (bicyclic) bond motifs is 2. The van der Waals surface area contributed by atoms with E-state index in [2.05, 4.69) is 0 Å². The second-order valence-electron chi connectivity index (χ2n) is 4.30. The average Bonchev–Trinajstić information content (AvgIpc) is 2.61. The number of hydrogen-bond acceptors (Lipinski definition) is 3. The second kappa shape index (κ2) is 2.88. The summed E-state index contributed by atoms with van der Waals surface area (Å²) < 4.78 is 57.6. The molecule has 3 atom stereocenters. The van der Waals surface area contributed by atoms with Crippen LogP contribution in [0.1, 0.15) is 25.7 Å². The number of halogens is 2. The molecule has 2 rings (SSSR count). The van der Waals surface area contributed by atoms with Crippen molar-refractivity contribution in [2.45, 2.75) is 30.9 Å². The Morgan fingerprint density at radius 3 is 2.21 bits per heavy atom. The van der Waals surface area contributed by atoms with Crippen LogP contribution in [0.5, 0.6) is 0 Å². The molecule has 0 aromatic heterocycles. The first-order chi connectivity index (χ1) is 6.32. The third kappa shape index (κ3) is 1.35. The Hall–Kier alpha value is -0.230. The maximum absolute atomic E-state index is 13.2. The smallest absolute Gasteiger partial charge is 0.337 e. The quantitative estimate of drug-likeness (QED) is 0.670. The molecule has 2 fully saturated rings. The Bertz CT molecular complexity index is 338. The number of rotatable bonds is 2. The average molecular weight is 225 g/mol. The second-order valence-corrected chi connectivity index (χ2v) is 5.75. The van der Waals surface area contributed by atoms with Crippen LogP contribution >= 0.6 is 0 Å². The van der Waals surface area contributed by atoms with Gasteiger partial charge in [0.25, 0.3) is 0 Å². The molecule has 0 saturated heterocycles. The van der Waals surface area contributed by atoms with E-state index in [-0.39, 0.29) is 18.3 Å². The molecule has 2 bridgehead atoms. The fraction of sp³-hybridized carbons (Fsp3) is 1.00. The van der Waals surface area contributed by atoms with E-state index < -0.39 is 21.3 Å². The van der Waals surface area contributed by atoms with Gasteiger partial charge in [-0.05, 0) is 31.1 Å². The van der Waals surface area contributed by atoms with E-state index in [0.717, 1.165) is 6.42 Å². The van der Waals surface area contributed by atoms with E-state index in [1.54, 1.807) is 0 Å². The van der Waals surface area contributed by atoms with Gasteiger partial charge in [0.15, 0.2) is 10.1 Å². The van der Waals surface area contributed by atoms with Gasteiger partial charge in [0.1, 0.15) is 0 Å². The van der Waals surface area contributed by atoms with Gasteiger partial charge in [-0.3, -0.25) is 0 Å². The third-order valence-electron chi connectivity index (χ3n) is 3.50. The molecular formula is C8H11F2O3S-. The third-order valence-corrected chi connectivity index (χ3v) is 4.47. The molecule has 0 heterocycles. The molecule has 14 heavy (non-hydrogen) atoms. The predicted octanol–water partition coefficient (Wildman–Crippen LogP) is 1.56. The summed E-state index contributed by atoms with van der Waals surface area (Å²) in [6, 6.07) is 0. The lowest BCUT2D eigenvalue weighted by atomic mass is 9.89. The maximum Gasteiger partial charge on any atom is 0.337 e. The van der Waals surface area contributed by atoms with E-state index in [4.69, 9.17) is 0 Å². The molecule has 0 radical (unpaired) electrons. The standard InChI is InChI=1S/C8H12F2O3S/c9-8(10,14(11,12)13)7-4-5-1-2-6(7)3-5/h5-7H,1-4H2,(H,11,12,13)/p-1. The van der Waals surface area contributed by atoms with E-state index >= 15 is 0 Å². The van der Waals surface area contributed by atoms with Crippen LogP contribution in [-0.2, 0) is 10.1 Å². The summed E-state index contributed by atoms with van der Waals surface area (Å²) >= 11 is 0. The van der Waals surface area contributed by atoms with Crippen LogP contribution in [0, 0.1) is 17.8 Å². The lowest BCUT2D eigenvalue weighted by Crippen LogP contribution is -2.39. The normalized spacial score (nSPS) is 37.8. The Morgan fingerprint density at radius 2 is 1.86 bits per heavy atom. The van der Waals surface area contributed by atoms with E-state index in [1.807, 2.05) is 0 Å². The largest absolute Gasteiger partial charge is 0.743 e. The molecule has 2 aliphatic carbocycles. The minimum atomic E-state index is -5.49. The highest BCUT2D eigenvalue weighted by Gasteiger charge is 2.55. The molecule has 0 aromatic carbocycles. The zero-order valence-electron chi connectivity index (χ0n) is 7.45. The molecule has 3 unspecified atom stereocenters. The van der Waals surface area contributed by atoms with Crippen molar-refractivity contribution >= 4 is 10.1 Å². The summed E-state index contributed by atoms with van der Waals surface area (Å²) in [5, 5.41) is -4.06. The van der Waals surface area contributed by atoms with Crippen molar-refractivity contribution in [1.82, 2.24) is 0 Å². The molecule has 3 nitrogen and oxygen atoms in total. The van der Waals surface area contributed by atoms with Gasteiger partial charge in [-0.25, -0.2) is 8.42 Å². The Kier molecular flexibility index (Phi) is 2.12. The van der Waals surface area contributed by atoms with Crippen molar-refractivity contribution in [3.8, 4) is 0 Å². The van der Waals surface area contributed by atoms with Crippen molar-refractivity contribution in [3.63, 3.8) is 0 Å². The fourth-order valence-electron chi connectivity index (χ4n) is 2.84. The molecule has 0 aliphatic heterocycles. The number of alkyl halides is 2. The van der Waals surface area contributed by atoms with Crippen LogP contribution < -0.4 is 0 Å². The molecule has 0 N–H and O–H groups in total. The molecule has 0 spiro atoms. The SMILES string of the molecule is O=S(=O)([O-])C(F)(F)C1CC2CCC1C2. The van der Waals surface area contributed by atoms with Crippen LogP contribution in [0.2, 0.25) is 0 Å².